The number of thiazole rings is 2. The number of carbonyl (C=O) groups is 6. The van der Waals surface area contributed by atoms with E-state index in [9.17, 15) is 37.5 Å². The number of carboxylic acid groups (broad SMARTS) is 2. The van der Waals surface area contributed by atoms with Crippen molar-refractivity contribution in [1.29, 1.82) is 0 Å². The molecule has 8 heterocycles. The Morgan fingerprint density at radius 1 is 0.663 bits per heavy atom. The number of fused-ring (bicyclic) bond motifs is 2. The summed E-state index contributed by atoms with van der Waals surface area (Å²) >= 11 is 15.7. The van der Waals surface area contributed by atoms with Gasteiger partial charge in [0.1, 0.15) is 29.3 Å². The van der Waals surface area contributed by atoms with Gasteiger partial charge in [-0.3, -0.25) is 19.8 Å². The van der Waals surface area contributed by atoms with Gasteiger partial charge in [0.15, 0.2) is 21.7 Å². The van der Waals surface area contributed by atoms with Crippen LogP contribution in [0.5, 0.6) is 0 Å². The van der Waals surface area contributed by atoms with Gasteiger partial charge in [-0.05, 0) is 93.6 Å². The predicted molar refractivity (Wildman–Crippen MR) is 352 cm³/mol. The zero-order chi connectivity index (χ0) is 67.4. The molecule has 0 radical (unpaired) electrons. The van der Waals surface area contributed by atoms with E-state index in [-0.39, 0.29) is 69.1 Å². The molecule has 0 bridgehead atoms. The number of carboxylic acids is 2. The summed E-state index contributed by atoms with van der Waals surface area (Å²) in [5, 5.41) is 30.0. The van der Waals surface area contributed by atoms with Gasteiger partial charge in [0.2, 0.25) is 0 Å². The zero-order valence-corrected chi connectivity index (χ0v) is 55.0. The van der Waals surface area contributed by atoms with E-state index in [4.69, 9.17) is 52.9 Å². The van der Waals surface area contributed by atoms with E-state index in [1.807, 2.05) is 41.3 Å². The van der Waals surface area contributed by atoms with E-state index < -0.39 is 53.1 Å². The number of ether oxygens (including phenoxy) is 2. The van der Waals surface area contributed by atoms with Gasteiger partial charge >= 0.3 is 35.9 Å². The van der Waals surface area contributed by atoms with E-state index in [2.05, 4.69) is 54.1 Å². The molecule has 95 heavy (non-hydrogen) atoms. The summed E-state index contributed by atoms with van der Waals surface area (Å²) in [6, 6.07) is 18.3. The van der Waals surface area contributed by atoms with E-state index in [0.29, 0.717) is 114 Å². The van der Waals surface area contributed by atoms with Crippen LogP contribution in [0.4, 0.5) is 18.4 Å². The number of amides is 4. The maximum atomic E-state index is 14.0. The number of benzene rings is 4. The summed E-state index contributed by atoms with van der Waals surface area (Å²) in [6.45, 7) is 10.2. The Morgan fingerprint density at radius 3 is 1.67 bits per heavy atom. The summed E-state index contributed by atoms with van der Waals surface area (Å²) in [4.78, 5) is 106. The maximum absolute atomic E-state index is 14.0. The number of hydrogen-bond donors (Lipinski definition) is 4. The minimum Gasteiger partial charge on any atom is -0.478 e. The molecule has 0 unspecified atom stereocenters. The zero-order valence-electron chi connectivity index (χ0n) is 51.8. The first-order valence-corrected chi connectivity index (χ1v) is 32.4. The van der Waals surface area contributed by atoms with Gasteiger partial charge in [0.05, 0.1) is 55.1 Å². The molecule has 490 valence electrons. The van der Waals surface area contributed by atoms with Crippen LogP contribution >= 0.6 is 45.9 Å². The average molecular weight is 1370 g/mol. The van der Waals surface area contributed by atoms with Crippen LogP contribution in [0.3, 0.4) is 0 Å². The van der Waals surface area contributed by atoms with Crippen molar-refractivity contribution in [3.05, 3.63) is 196 Å². The number of aromatic nitrogens is 2. The Balaban J connectivity index is 0.000000193. The Kier molecular flexibility index (Phi) is 20.1. The predicted octanol–water partition coefficient (Wildman–Crippen LogP) is 8.42. The van der Waals surface area contributed by atoms with Gasteiger partial charge in [-0.25, -0.2) is 47.5 Å². The van der Waals surface area contributed by atoms with Crippen LogP contribution in [-0.2, 0) is 19.1 Å². The lowest BCUT2D eigenvalue weighted by atomic mass is 9.94. The molecule has 0 aliphatic carbocycles. The SMILES string of the molecule is COC(=O)C1=C(CN2CCN3C(=O)N(C(C)(C)C#Cc4ccc(C(=O)O)cc4)C[C@@H]3C2)NC(c2nccs2)=N[C@H]1c1ccc(F)cc1Cl.COC(=O)C1=C(CN2C[C@H]3CN(CC#Cc4ccc(C(=O)O)cc4)C(=O)N3C[C@@H]2C)NC(c2nccs2)=N[C@H]1c1ccc(F)cc1Cl. The Labute approximate surface area is 563 Å². The molecule has 4 aromatic carbocycles. The second kappa shape index (κ2) is 28.6. The summed E-state index contributed by atoms with van der Waals surface area (Å²) in [6.07, 6.45) is 3.32. The van der Waals surface area contributed by atoms with Crippen molar-refractivity contribution in [3.8, 4) is 23.7 Å². The molecule has 6 aliphatic rings. The smallest absolute Gasteiger partial charge is 0.338 e. The van der Waals surface area contributed by atoms with E-state index in [1.54, 1.807) is 46.5 Å². The van der Waals surface area contributed by atoms with Crippen molar-refractivity contribution in [2.24, 2.45) is 9.98 Å². The Bertz CT molecular complexity index is 4260. The molecule has 22 nitrogen and oxygen atoms in total. The molecule has 0 spiro atoms. The number of aromatic carboxylic acids is 2. The van der Waals surface area contributed by atoms with E-state index in [0.717, 1.165) is 0 Å². The lowest BCUT2D eigenvalue weighted by Gasteiger charge is -2.42. The first kappa shape index (κ1) is 66.9. The molecule has 5 atom stereocenters. The first-order valence-electron chi connectivity index (χ1n) is 29.9. The third-order valence-corrected chi connectivity index (χ3v) is 19.1. The minimum absolute atomic E-state index is 0.0581. The number of hydrogen-bond acceptors (Lipinski definition) is 18. The highest BCUT2D eigenvalue weighted by molar-refractivity contribution is 7.12. The minimum atomic E-state index is -1.01. The maximum Gasteiger partial charge on any atom is 0.338 e. The van der Waals surface area contributed by atoms with Crippen LogP contribution in [0, 0.1) is 35.3 Å². The van der Waals surface area contributed by atoms with Crippen LogP contribution in [-0.4, -0.2) is 201 Å². The fourth-order valence-electron chi connectivity index (χ4n) is 12.0. The molecule has 0 saturated carbocycles. The molecule has 28 heteroatoms. The standard InChI is InChI=1S/C34H32ClFN6O5S.C33H30ClFN6O5S/c1-34(2,11-10-20-4-6-21(7-5-20)31(43)44)42-18-23-17-40(13-14-41(23)33(42)46)19-26-27(32(45)47-3)28(24-9-8-22(36)16-25(24)35)39-29(38-26)30-37-12-15-48-30;1-19-15-41-23(16-39(33(41)45)12-3-4-20-5-7-21(8-6-20)31(42)43)17-40(19)18-26-27(32(44)46-2)28(24-10-9-22(35)14-25(24)34)38-29(37-26)30-36-11-13-47-30/h4-9,12,15-16,23,28H,13-14,17-19H2,1-3H3,(H,38,39)(H,43,44);5-11,13-14,19,23,28H,12,15-18H2,1-2H3,(H,37,38)(H,42,43)/t23-,28-;19-,23+,28-/m00/s1. The highest BCUT2D eigenvalue weighted by Gasteiger charge is 2.47. The van der Waals surface area contributed by atoms with Gasteiger partial charge in [-0.15, -0.1) is 22.7 Å². The summed E-state index contributed by atoms with van der Waals surface area (Å²) in [5.41, 5.74) is 3.41. The van der Waals surface area contributed by atoms with Crippen molar-refractivity contribution in [3.63, 3.8) is 0 Å². The normalized spacial score (nSPS) is 20.4. The number of rotatable bonds is 14. The van der Waals surface area contributed by atoms with E-state index in [1.165, 1.54) is 97.6 Å². The molecule has 6 aliphatic heterocycles. The van der Waals surface area contributed by atoms with E-state index >= 15 is 0 Å². The van der Waals surface area contributed by atoms with Gasteiger partial charge in [0.25, 0.3) is 0 Å². The second-order valence-electron chi connectivity index (χ2n) is 23.4. The number of aliphatic imine (C=N–C) groups is 2. The monoisotopic (exact) mass is 1370 g/mol. The fraction of sp³-hybridized carbons (Fsp3) is 0.313. The fourth-order valence-corrected chi connectivity index (χ4v) is 13.7. The molecule has 4 fully saturated rings. The van der Waals surface area contributed by atoms with Crippen molar-refractivity contribution >= 4 is 93.5 Å². The molecule has 6 aromatic rings. The number of piperazine rings is 2. The number of nitrogens with zero attached hydrogens (tertiary/aromatic N) is 10. The van der Waals surface area contributed by atoms with Crippen LogP contribution in [0.1, 0.15) is 85.8 Å². The Hall–Kier alpha value is -9.54. The van der Waals surface area contributed by atoms with Crippen molar-refractivity contribution < 1.29 is 57.2 Å². The number of halogens is 4. The van der Waals surface area contributed by atoms with Crippen LogP contribution in [0.25, 0.3) is 0 Å². The Morgan fingerprint density at radius 2 is 1.18 bits per heavy atom. The average Bonchev–Trinajstić information content (AvgIpc) is 1.74. The highest BCUT2D eigenvalue weighted by atomic mass is 35.5. The third kappa shape index (κ3) is 14.7. The van der Waals surface area contributed by atoms with Gasteiger partial charge in [0, 0.05) is 132 Å². The van der Waals surface area contributed by atoms with Crippen LogP contribution in [0.2, 0.25) is 10.0 Å². The number of methoxy groups -OCH3 is 2. The van der Waals surface area contributed by atoms with Gasteiger partial charge in [-0.2, -0.15) is 0 Å². The van der Waals surface area contributed by atoms with Crippen molar-refractivity contribution in [2.45, 2.75) is 56.5 Å². The number of esters is 2. The summed E-state index contributed by atoms with van der Waals surface area (Å²) < 4.78 is 38.4. The number of urea groups is 2. The molecule has 4 saturated heterocycles. The van der Waals surface area contributed by atoms with Gasteiger partial charge in [-0.1, -0.05) is 59.0 Å². The lowest BCUT2D eigenvalue weighted by molar-refractivity contribution is -0.137. The largest absolute Gasteiger partial charge is 0.478 e. The van der Waals surface area contributed by atoms with Crippen LogP contribution < -0.4 is 10.6 Å². The lowest BCUT2D eigenvalue weighted by Crippen LogP contribution is -2.57. The first-order chi connectivity index (χ1) is 45.6. The highest BCUT2D eigenvalue weighted by Crippen LogP contribution is 2.40. The number of carbonyl (C=O) groups excluding carboxylic acids is 4. The molecule has 4 N–H and O–H groups in total. The quantitative estimate of drug-likeness (QED) is 0.0590. The molecule has 2 aromatic heterocycles. The summed E-state index contributed by atoms with van der Waals surface area (Å²) in [7, 11) is 2.59. The number of amidine groups is 2. The summed E-state index contributed by atoms with van der Waals surface area (Å²) in [5.74, 6) is 9.02. The topological polar surface area (TPSA) is 255 Å². The third-order valence-electron chi connectivity index (χ3n) is 16.9. The molecule has 12 rings (SSSR count). The molecular weight excluding hydrogens is 1310 g/mol. The van der Waals surface area contributed by atoms with Gasteiger partial charge < -0.3 is 49.9 Å². The number of nitrogens with one attached hydrogen (secondary N) is 2. The molecular formula is C67H62Cl2F2N12O10S2. The molecule has 4 amide bonds. The van der Waals surface area contributed by atoms with Crippen molar-refractivity contribution in [2.75, 3.05) is 79.7 Å². The van der Waals surface area contributed by atoms with Crippen molar-refractivity contribution in [1.82, 2.24) is 50.0 Å². The second-order valence-corrected chi connectivity index (χ2v) is 26.0. The van der Waals surface area contributed by atoms with Crippen LogP contribution in [0.15, 0.2) is 141 Å².